The molecule has 2 aromatic rings. The van der Waals surface area contributed by atoms with Crippen LogP contribution in [-0.4, -0.2) is 5.91 Å². The first kappa shape index (κ1) is 13.4. The second kappa shape index (κ2) is 5.71. The molecule has 0 bridgehead atoms. The fourth-order valence-corrected chi connectivity index (χ4v) is 2.35. The Balaban J connectivity index is 2.24. The van der Waals surface area contributed by atoms with E-state index in [1.165, 1.54) is 0 Å². The summed E-state index contributed by atoms with van der Waals surface area (Å²) in [5.41, 5.74) is 2.48. The van der Waals surface area contributed by atoms with Gasteiger partial charge < -0.3 is 5.32 Å². The Bertz CT molecular complexity index is 598. The van der Waals surface area contributed by atoms with Crippen molar-refractivity contribution in [2.75, 3.05) is 5.32 Å². The summed E-state index contributed by atoms with van der Waals surface area (Å²) in [6.07, 6.45) is 0. The molecule has 0 spiro atoms. The molecule has 0 heterocycles. The largest absolute Gasteiger partial charge is 0.322 e. The second-order valence-corrected chi connectivity index (χ2v) is 5.55. The predicted octanol–water partition coefficient (Wildman–Crippen LogP) is 4.51. The molecule has 0 aliphatic heterocycles. The SMILES string of the molecule is Cc1cccc(NC(=O)c2cc(Cl)ccc2I)c1. The first-order valence-corrected chi connectivity index (χ1v) is 6.85. The minimum atomic E-state index is -0.146. The summed E-state index contributed by atoms with van der Waals surface area (Å²) < 4.78 is 0.877. The van der Waals surface area contributed by atoms with Gasteiger partial charge in [0.25, 0.3) is 5.91 Å². The molecule has 2 rings (SSSR count). The van der Waals surface area contributed by atoms with Crippen molar-refractivity contribution in [2.24, 2.45) is 0 Å². The summed E-state index contributed by atoms with van der Waals surface area (Å²) in [6, 6.07) is 13.0. The molecule has 1 N–H and O–H groups in total. The fourth-order valence-electron chi connectivity index (χ4n) is 1.59. The first-order chi connectivity index (χ1) is 8.56. The van der Waals surface area contributed by atoms with E-state index >= 15 is 0 Å². The number of amides is 1. The minimum Gasteiger partial charge on any atom is -0.322 e. The van der Waals surface area contributed by atoms with E-state index in [9.17, 15) is 4.79 Å². The summed E-state index contributed by atoms with van der Waals surface area (Å²) >= 11 is 8.03. The van der Waals surface area contributed by atoms with Crippen molar-refractivity contribution in [3.8, 4) is 0 Å². The predicted molar refractivity (Wildman–Crippen MR) is 83.3 cm³/mol. The van der Waals surface area contributed by atoms with E-state index in [1.807, 2.05) is 37.3 Å². The minimum absolute atomic E-state index is 0.146. The molecule has 2 nitrogen and oxygen atoms in total. The van der Waals surface area contributed by atoms with Crippen LogP contribution in [0.15, 0.2) is 42.5 Å². The molecule has 0 aliphatic carbocycles. The van der Waals surface area contributed by atoms with E-state index in [0.717, 1.165) is 14.8 Å². The number of hydrogen-bond donors (Lipinski definition) is 1. The maximum absolute atomic E-state index is 12.1. The highest BCUT2D eigenvalue weighted by Gasteiger charge is 2.10. The lowest BCUT2D eigenvalue weighted by Crippen LogP contribution is -2.13. The van der Waals surface area contributed by atoms with Crippen LogP contribution in [0, 0.1) is 10.5 Å². The van der Waals surface area contributed by atoms with Crippen LogP contribution in [0.2, 0.25) is 5.02 Å². The van der Waals surface area contributed by atoms with Gasteiger partial charge in [-0.3, -0.25) is 4.79 Å². The Morgan fingerprint density at radius 1 is 1.22 bits per heavy atom. The van der Waals surface area contributed by atoms with Gasteiger partial charge in [-0.25, -0.2) is 0 Å². The lowest BCUT2D eigenvalue weighted by atomic mass is 10.2. The Hall–Kier alpha value is -1.07. The molecule has 0 saturated carbocycles. The number of benzene rings is 2. The number of anilines is 1. The normalized spacial score (nSPS) is 10.2. The van der Waals surface area contributed by atoms with Crippen molar-refractivity contribution < 1.29 is 4.79 Å². The smallest absolute Gasteiger partial charge is 0.256 e. The third kappa shape index (κ3) is 3.23. The molecule has 0 aliphatic rings. The van der Waals surface area contributed by atoms with Gasteiger partial charge >= 0.3 is 0 Å². The number of halogens is 2. The van der Waals surface area contributed by atoms with Crippen LogP contribution in [0.4, 0.5) is 5.69 Å². The molecule has 0 unspecified atom stereocenters. The van der Waals surface area contributed by atoms with E-state index in [1.54, 1.807) is 12.1 Å². The van der Waals surface area contributed by atoms with Gasteiger partial charge in [0.15, 0.2) is 0 Å². The van der Waals surface area contributed by atoms with Gasteiger partial charge in [-0.05, 0) is 65.4 Å². The molecular formula is C14H11ClINO. The van der Waals surface area contributed by atoms with Gasteiger partial charge in [0.2, 0.25) is 0 Å². The Kier molecular flexibility index (Phi) is 4.24. The molecule has 0 atom stereocenters. The quantitative estimate of drug-likeness (QED) is 0.774. The van der Waals surface area contributed by atoms with Gasteiger partial charge in [-0.1, -0.05) is 23.7 Å². The third-order valence-corrected chi connectivity index (χ3v) is 3.62. The topological polar surface area (TPSA) is 29.1 Å². The molecule has 4 heteroatoms. The molecule has 0 radical (unpaired) electrons. The molecule has 0 aromatic heterocycles. The standard InChI is InChI=1S/C14H11ClINO/c1-9-3-2-4-11(7-9)17-14(18)12-8-10(15)5-6-13(12)16/h2-8H,1H3,(H,17,18). The van der Waals surface area contributed by atoms with E-state index in [-0.39, 0.29) is 5.91 Å². The lowest BCUT2D eigenvalue weighted by Gasteiger charge is -2.08. The number of nitrogens with one attached hydrogen (secondary N) is 1. The molecule has 0 saturated heterocycles. The van der Waals surface area contributed by atoms with Crippen LogP contribution < -0.4 is 5.32 Å². The number of rotatable bonds is 2. The van der Waals surface area contributed by atoms with Crippen LogP contribution >= 0.6 is 34.2 Å². The molecule has 0 fully saturated rings. The average Bonchev–Trinajstić information content (AvgIpc) is 2.32. The lowest BCUT2D eigenvalue weighted by molar-refractivity contribution is 0.102. The molecule has 18 heavy (non-hydrogen) atoms. The van der Waals surface area contributed by atoms with Gasteiger partial charge in [-0.2, -0.15) is 0 Å². The van der Waals surface area contributed by atoms with Crippen molar-refractivity contribution in [1.29, 1.82) is 0 Å². The summed E-state index contributed by atoms with van der Waals surface area (Å²) in [5, 5.41) is 3.42. The van der Waals surface area contributed by atoms with Crippen LogP contribution in [-0.2, 0) is 0 Å². The van der Waals surface area contributed by atoms with E-state index in [0.29, 0.717) is 10.6 Å². The third-order valence-electron chi connectivity index (χ3n) is 2.45. The van der Waals surface area contributed by atoms with Crippen molar-refractivity contribution in [2.45, 2.75) is 6.92 Å². The molecule has 2 aromatic carbocycles. The van der Waals surface area contributed by atoms with Gasteiger partial charge in [0, 0.05) is 14.3 Å². The van der Waals surface area contributed by atoms with Crippen LogP contribution in [0.3, 0.4) is 0 Å². The monoisotopic (exact) mass is 371 g/mol. The number of aryl methyl sites for hydroxylation is 1. The van der Waals surface area contributed by atoms with Crippen molar-refractivity contribution >= 4 is 45.8 Å². The maximum Gasteiger partial charge on any atom is 0.256 e. The summed E-state index contributed by atoms with van der Waals surface area (Å²) in [5.74, 6) is -0.146. The van der Waals surface area contributed by atoms with Crippen LogP contribution in [0.1, 0.15) is 15.9 Å². The average molecular weight is 372 g/mol. The van der Waals surface area contributed by atoms with Gasteiger partial charge in [0.05, 0.1) is 5.56 Å². The van der Waals surface area contributed by atoms with Gasteiger partial charge in [0.1, 0.15) is 0 Å². The number of carbonyl (C=O) groups is 1. The number of hydrogen-bond acceptors (Lipinski definition) is 1. The molecular weight excluding hydrogens is 361 g/mol. The maximum atomic E-state index is 12.1. The first-order valence-electron chi connectivity index (χ1n) is 5.39. The zero-order chi connectivity index (χ0) is 13.1. The van der Waals surface area contributed by atoms with Crippen LogP contribution in [0.5, 0.6) is 0 Å². The van der Waals surface area contributed by atoms with E-state index in [4.69, 9.17) is 11.6 Å². The Morgan fingerprint density at radius 3 is 2.72 bits per heavy atom. The Morgan fingerprint density at radius 2 is 2.00 bits per heavy atom. The molecule has 1 amide bonds. The van der Waals surface area contributed by atoms with Crippen molar-refractivity contribution in [3.63, 3.8) is 0 Å². The van der Waals surface area contributed by atoms with E-state index in [2.05, 4.69) is 27.9 Å². The molecule has 92 valence electrons. The van der Waals surface area contributed by atoms with Crippen LogP contribution in [0.25, 0.3) is 0 Å². The highest BCUT2D eigenvalue weighted by Crippen LogP contribution is 2.19. The van der Waals surface area contributed by atoms with Crippen molar-refractivity contribution in [3.05, 3.63) is 62.2 Å². The summed E-state index contributed by atoms with van der Waals surface area (Å²) in [4.78, 5) is 12.1. The Labute approximate surface area is 124 Å². The fraction of sp³-hybridized carbons (Fsp3) is 0.0714. The summed E-state index contributed by atoms with van der Waals surface area (Å²) in [7, 11) is 0. The zero-order valence-electron chi connectivity index (χ0n) is 9.71. The zero-order valence-corrected chi connectivity index (χ0v) is 12.6. The second-order valence-electron chi connectivity index (χ2n) is 3.95. The summed E-state index contributed by atoms with van der Waals surface area (Å²) in [6.45, 7) is 1.98. The highest BCUT2D eigenvalue weighted by atomic mass is 127. The van der Waals surface area contributed by atoms with Gasteiger partial charge in [-0.15, -0.1) is 0 Å². The van der Waals surface area contributed by atoms with E-state index < -0.39 is 0 Å². The van der Waals surface area contributed by atoms with Crippen molar-refractivity contribution in [1.82, 2.24) is 0 Å². The highest BCUT2D eigenvalue weighted by molar-refractivity contribution is 14.1. The number of carbonyl (C=O) groups excluding carboxylic acids is 1.